The average Bonchev–Trinajstić information content (AvgIpc) is 3.06. The Labute approximate surface area is 120 Å². The van der Waals surface area contributed by atoms with Crippen molar-refractivity contribution in [2.75, 3.05) is 0 Å². The molecule has 2 N–H and O–H groups in total. The Morgan fingerprint density at radius 1 is 1.42 bits per heavy atom. The first-order valence-electron chi connectivity index (χ1n) is 5.67. The molecule has 0 aliphatic carbocycles. The fourth-order valence-corrected chi connectivity index (χ4v) is 5.07. The number of hydrogen-bond donors (Lipinski definition) is 2. The van der Waals surface area contributed by atoms with Gasteiger partial charge in [-0.2, -0.15) is 0 Å². The van der Waals surface area contributed by atoms with Gasteiger partial charge in [0.05, 0.1) is 17.5 Å². The molecule has 0 aliphatic rings. The topological polar surface area (TPSA) is 79.3 Å². The highest BCUT2D eigenvalue weighted by molar-refractivity contribution is 7.89. The molecular formula is C11H14N2O3S3. The molecule has 0 bridgehead atoms. The first-order chi connectivity index (χ1) is 9.08. The molecule has 2 heterocycles. The molecule has 0 radical (unpaired) electrons. The quantitative estimate of drug-likeness (QED) is 0.855. The van der Waals surface area contributed by atoms with Gasteiger partial charge in [-0.1, -0.05) is 6.92 Å². The van der Waals surface area contributed by atoms with Crippen LogP contribution in [0.3, 0.4) is 0 Å². The molecule has 2 rings (SSSR count). The maximum atomic E-state index is 12.3. The second-order valence-corrected chi connectivity index (χ2v) is 7.43. The third-order valence-electron chi connectivity index (χ3n) is 2.59. The van der Waals surface area contributed by atoms with Gasteiger partial charge in [0.15, 0.2) is 0 Å². The Morgan fingerprint density at radius 2 is 2.21 bits per heavy atom. The number of nitrogens with one attached hydrogen (secondary N) is 1. The summed E-state index contributed by atoms with van der Waals surface area (Å²) >= 11 is 2.65. The number of aromatic nitrogens is 1. The summed E-state index contributed by atoms with van der Waals surface area (Å²) in [4.78, 5) is 4.73. The fraction of sp³-hybridized carbons (Fsp3) is 0.364. The highest BCUT2D eigenvalue weighted by Gasteiger charge is 2.24. The van der Waals surface area contributed by atoms with Crippen LogP contribution >= 0.6 is 22.7 Å². The monoisotopic (exact) mass is 318 g/mol. The molecule has 0 saturated heterocycles. The molecule has 2 aromatic rings. The van der Waals surface area contributed by atoms with E-state index in [-0.39, 0.29) is 17.5 Å². The number of rotatable bonds is 6. The second kappa shape index (κ2) is 6.10. The third kappa shape index (κ3) is 3.21. The van der Waals surface area contributed by atoms with Crippen LogP contribution in [0.2, 0.25) is 0 Å². The van der Waals surface area contributed by atoms with Crippen LogP contribution in [0.1, 0.15) is 29.3 Å². The van der Waals surface area contributed by atoms with E-state index in [0.717, 1.165) is 5.01 Å². The molecule has 0 fully saturated rings. The van der Waals surface area contributed by atoms with E-state index in [9.17, 15) is 8.42 Å². The SMILES string of the molecule is CCC(NS(=O)(=O)c1ccsc1CO)c1nccs1. The number of sulfonamides is 1. The molecule has 19 heavy (non-hydrogen) atoms. The number of hydrogen-bond acceptors (Lipinski definition) is 6. The molecular weight excluding hydrogens is 304 g/mol. The molecule has 1 unspecified atom stereocenters. The number of aliphatic hydroxyl groups excluding tert-OH is 1. The van der Waals surface area contributed by atoms with Gasteiger partial charge in [0, 0.05) is 16.5 Å². The van der Waals surface area contributed by atoms with E-state index in [4.69, 9.17) is 5.11 Å². The second-order valence-electron chi connectivity index (χ2n) is 3.82. The lowest BCUT2D eigenvalue weighted by atomic mass is 10.3. The zero-order chi connectivity index (χ0) is 13.9. The molecule has 1 atom stereocenters. The normalized spacial score (nSPS) is 13.6. The first kappa shape index (κ1) is 14.6. The minimum absolute atomic E-state index is 0.148. The van der Waals surface area contributed by atoms with Crippen molar-refractivity contribution < 1.29 is 13.5 Å². The molecule has 0 aromatic carbocycles. The summed E-state index contributed by atoms with van der Waals surface area (Å²) in [5, 5.41) is 13.4. The summed E-state index contributed by atoms with van der Waals surface area (Å²) in [6.45, 7) is 1.62. The number of nitrogens with zero attached hydrogens (tertiary/aromatic N) is 1. The smallest absolute Gasteiger partial charge is 0.242 e. The van der Waals surface area contributed by atoms with Crippen molar-refractivity contribution in [2.45, 2.75) is 30.9 Å². The van der Waals surface area contributed by atoms with E-state index < -0.39 is 10.0 Å². The predicted molar refractivity (Wildman–Crippen MR) is 75.7 cm³/mol. The minimum atomic E-state index is -3.63. The van der Waals surface area contributed by atoms with E-state index in [1.165, 1.54) is 28.7 Å². The van der Waals surface area contributed by atoms with Gasteiger partial charge in [-0.3, -0.25) is 0 Å². The summed E-state index contributed by atoms with van der Waals surface area (Å²) in [7, 11) is -3.63. The molecule has 0 saturated carbocycles. The zero-order valence-electron chi connectivity index (χ0n) is 10.2. The lowest BCUT2D eigenvalue weighted by Gasteiger charge is -2.14. The van der Waals surface area contributed by atoms with Crippen LogP contribution in [0.4, 0.5) is 0 Å². The van der Waals surface area contributed by atoms with Crippen molar-refractivity contribution >= 4 is 32.7 Å². The van der Waals surface area contributed by atoms with Crippen molar-refractivity contribution in [3.8, 4) is 0 Å². The standard InChI is InChI=1S/C11H14N2O3S3/c1-2-8(11-12-4-6-18-11)13-19(15,16)10-3-5-17-9(10)7-14/h3-6,8,13-14H,2,7H2,1H3. The summed E-state index contributed by atoms with van der Waals surface area (Å²) in [5.74, 6) is 0. The zero-order valence-corrected chi connectivity index (χ0v) is 12.7. The number of thiazole rings is 1. The van der Waals surface area contributed by atoms with E-state index in [0.29, 0.717) is 11.3 Å². The van der Waals surface area contributed by atoms with Crippen molar-refractivity contribution in [3.05, 3.63) is 32.9 Å². The lowest BCUT2D eigenvalue weighted by Crippen LogP contribution is -2.28. The van der Waals surface area contributed by atoms with Crippen LogP contribution in [0.5, 0.6) is 0 Å². The summed E-state index contributed by atoms with van der Waals surface area (Å²) < 4.78 is 27.2. The number of thiophene rings is 1. The van der Waals surface area contributed by atoms with Gasteiger partial charge in [-0.05, 0) is 17.9 Å². The predicted octanol–water partition coefficient (Wildman–Crippen LogP) is 2.13. The van der Waals surface area contributed by atoms with Gasteiger partial charge in [0.1, 0.15) is 5.01 Å². The van der Waals surface area contributed by atoms with Gasteiger partial charge in [-0.25, -0.2) is 18.1 Å². The summed E-state index contributed by atoms with van der Waals surface area (Å²) in [6.07, 6.45) is 2.27. The largest absolute Gasteiger partial charge is 0.391 e. The average molecular weight is 318 g/mol. The Morgan fingerprint density at radius 3 is 2.79 bits per heavy atom. The highest BCUT2D eigenvalue weighted by atomic mass is 32.2. The van der Waals surface area contributed by atoms with Crippen molar-refractivity contribution in [1.29, 1.82) is 0 Å². The van der Waals surface area contributed by atoms with Crippen LogP contribution in [0.15, 0.2) is 27.9 Å². The van der Waals surface area contributed by atoms with E-state index in [1.54, 1.807) is 11.6 Å². The van der Waals surface area contributed by atoms with Crippen molar-refractivity contribution in [2.24, 2.45) is 0 Å². The summed E-state index contributed by atoms with van der Waals surface area (Å²) in [6, 6.07) is 1.17. The van der Waals surface area contributed by atoms with Crippen LogP contribution in [0, 0.1) is 0 Å². The Balaban J connectivity index is 2.26. The lowest BCUT2D eigenvalue weighted by molar-refractivity contribution is 0.282. The van der Waals surface area contributed by atoms with E-state index in [1.807, 2.05) is 12.3 Å². The Kier molecular flexibility index (Phi) is 4.69. The van der Waals surface area contributed by atoms with Crippen LogP contribution in [-0.2, 0) is 16.6 Å². The van der Waals surface area contributed by atoms with Crippen LogP contribution in [0.25, 0.3) is 0 Å². The van der Waals surface area contributed by atoms with E-state index in [2.05, 4.69) is 9.71 Å². The van der Waals surface area contributed by atoms with E-state index >= 15 is 0 Å². The first-order valence-corrected chi connectivity index (χ1v) is 8.91. The van der Waals surface area contributed by atoms with Crippen molar-refractivity contribution in [1.82, 2.24) is 9.71 Å². The van der Waals surface area contributed by atoms with Gasteiger partial charge in [0.25, 0.3) is 0 Å². The highest BCUT2D eigenvalue weighted by Crippen LogP contribution is 2.26. The fourth-order valence-electron chi connectivity index (χ4n) is 1.65. The van der Waals surface area contributed by atoms with Crippen molar-refractivity contribution in [3.63, 3.8) is 0 Å². The molecule has 0 aliphatic heterocycles. The molecule has 2 aromatic heterocycles. The molecule has 0 spiro atoms. The number of aliphatic hydroxyl groups is 1. The Hall–Kier alpha value is -0.800. The minimum Gasteiger partial charge on any atom is -0.391 e. The summed E-state index contributed by atoms with van der Waals surface area (Å²) in [5.41, 5.74) is 0. The van der Waals surface area contributed by atoms with Crippen LogP contribution < -0.4 is 4.72 Å². The maximum absolute atomic E-state index is 12.3. The van der Waals surface area contributed by atoms with Gasteiger partial charge < -0.3 is 5.11 Å². The van der Waals surface area contributed by atoms with Gasteiger partial charge >= 0.3 is 0 Å². The Bertz CT molecular complexity index is 619. The van der Waals surface area contributed by atoms with Crippen LogP contribution in [-0.4, -0.2) is 18.5 Å². The van der Waals surface area contributed by atoms with Gasteiger partial charge in [-0.15, -0.1) is 22.7 Å². The molecule has 0 amide bonds. The maximum Gasteiger partial charge on any atom is 0.242 e. The molecule has 5 nitrogen and oxygen atoms in total. The molecule has 104 valence electrons. The third-order valence-corrected chi connectivity index (χ3v) is 6.07. The van der Waals surface area contributed by atoms with Gasteiger partial charge in [0.2, 0.25) is 10.0 Å². The molecule has 8 heteroatoms.